The highest BCUT2D eigenvalue weighted by Gasteiger charge is 2.31. The van der Waals surface area contributed by atoms with Gasteiger partial charge in [0.15, 0.2) is 0 Å². The highest BCUT2D eigenvalue weighted by Crippen LogP contribution is 2.50. The van der Waals surface area contributed by atoms with Crippen LogP contribution in [0.1, 0.15) is 5.56 Å². The van der Waals surface area contributed by atoms with Gasteiger partial charge in [-0.25, -0.2) is 0 Å². The smallest absolute Gasteiger partial charge is 0.406 e. The van der Waals surface area contributed by atoms with Crippen LogP contribution in [0, 0.1) is 0 Å². The molecule has 0 aliphatic rings. The Hall–Kier alpha value is -7.64. The fraction of sp³-hybridized carbons (Fsp3) is 0.0357. The van der Waals surface area contributed by atoms with Gasteiger partial charge in [0.1, 0.15) is 5.75 Å². The van der Waals surface area contributed by atoms with Crippen LogP contribution in [0.3, 0.4) is 0 Å². The van der Waals surface area contributed by atoms with Crippen molar-refractivity contribution in [1.29, 1.82) is 0 Å². The summed E-state index contributed by atoms with van der Waals surface area (Å²) in [6.07, 6.45) is -9.29. The van der Waals surface area contributed by atoms with E-state index >= 15 is 0 Å². The summed E-state index contributed by atoms with van der Waals surface area (Å²) in [4.78, 5) is 0. The molecule has 0 fully saturated rings. The molecule has 0 radical (unpaired) electrons. The number of ether oxygens (including phenoxy) is 1. The molecule has 0 unspecified atom stereocenters. The van der Waals surface area contributed by atoms with Gasteiger partial charge in [0.05, 0.1) is 5.56 Å². The minimum Gasteiger partial charge on any atom is -0.406 e. The van der Waals surface area contributed by atoms with Crippen LogP contribution in [-0.4, -0.2) is 6.36 Å². The summed E-state index contributed by atoms with van der Waals surface area (Å²) in [6, 6.07) is 61.1. The van der Waals surface area contributed by atoms with Crippen LogP contribution in [0.5, 0.6) is 5.75 Å². The largest absolute Gasteiger partial charge is 0.573 e. The minimum atomic E-state index is -4.82. The van der Waals surface area contributed by atoms with Gasteiger partial charge in [-0.05, 0) is 158 Å². The predicted octanol–water partition coefficient (Wildman–Crippen LogP) is 17.2. The highest BCUT2D eigenvalue weighted by molar-refractivity contribution is 6.29. The molecule has 11 aromatic carbocycles. The van der Waals surface area contributed by atoms with E-state index in [0.29, 0.717) is 11.1 Å². The molecular weight excluding hydrogens is 803 g/mol. The molecular formula is C56H32F6O. The Kier molecular flexibility index (Phi) is 8.81. The second-order valence-electron chi connectivity index (χ2n) is 15.8. The molecule has 0 heterocycles. The summed E-state index contributed by atoms with van der Waals surface area (Å²) in [5, 5.41) is 12.2. The van der Waals surface area contributed by atoms with Crippen molar-refractivity contribution in [2.24, 2.45) is 0 Å². The Morgan fingerprint density at radius 2 is 0.683 bits per heavy atom. The number of fused-ring (bicyclic) bond motifs is 8. The third kappa shape index (κ3) is 6.68. The SMILES string of the molecule is FC(F)(F)Oc1ccc(-c2ccc3c(-c4cc5ccccc5c5ccccc45)c4cc(-c5ccc(C(F)(F)F)cc5)ccc4c(-c4cc5ccccc5c5ccccc45)c3c2)cc1. The first-order valence-corrected chi connectivity index (χ1v) is 20.4. The summed E-state index contributed by atoms with van der Waals surface area (Å²) in [7, 11) is 0. The van der Waals surface area contributed by atoms with E-state index in [1.54, 1.807) is 12.1 Å². The maximum absolute atomic E-state index is 13.7. The highest BCUT2D eigenvalue weighted by atomic mass is 19.4. The van der Waals surface area contributed by atoms with Crippen LogP contribution in [0.25, 0.3) is 109 Å². The summed E-state index contributed by atoms with van der Waals surface area (Å²) in [5.41, 5.74) is 6.06. The van der Waals surface area contributed by atoms with Crippen molar-refractivity contribution in [3.63, 3.8) is 0 Å². The minimum absolute atomic E-state index is 0.310. The lowest BCUT2D eigenvalue weighted by Crippen LogP contribution is -2.16. The van der Waals surface area contributed by atoms with E-state index in [1.165, 1.54) is 24.3 Å². The number of benzene rings is 11. The van der Waals surface area contributed by atoms with E-state index in [0.717, 1.165) is 110 Å². The fourth-order valence-corrected chi connectivity index (χ4v) is 9.39. The molecule has 0 amide bonds. The maximum Gasteiger partial charge on any atom is 0.573 e. The van der Waals surface area contributed by atoms with Gasteiger partial charge in [-0.15, -0.1) is 13.2 Å². The first kappa shape index (κ1) is 38.3. The Morgan fingerprint density at radius 3 is 1.11 bits per heavy atom. The fourth-order valence-electron chi connectivity index (χ4n) is 9.39. The Balaban J connectivity index is 1.29. The van der Waals surface area contributed by atoms with Crippen molar-refractivity contribution < 1.29 is 31.1 Å². The van der Waals surface area contributed by atoms with E-state index in [4.69, 9.17) is 0 Å². The quantitative estimate of drug-likeness (QED) is 0.0953. The maximum atomic E-state index is 13.7. The van der Waals surface area contributed by atoms with Gasteiger partial charge in [0, 0.05) is 0 Å². The lowest BCUT2D eigenvalue weighted by molar-refractivity contribution is -0.274. The molecule has 0 aliphatic heterocycles. The van der Waals surface area contributed by atoms with Crippen molar-refractivity contribution in [2.45, 2.75) is 12.5 Å². The van der Waals surface area contributed by atoms with Crippen LogP contribution in [-0.2, 0) is 6.18 Å². The zero-order chi connectivity index (χ0) is 43.0. The van der Waals surface area contributed by atoms with Gasteiger partial charge in [-0.1, -0.05) is 146 Å². The zero-order valence-electron chi connectivity index (χ0n) is 33.2. The summed E-state index contributed by atoms with van der Waals surface area (Å²) in [6.45, 7) is 0. The average molecular weight is 835 g/mol. The molecule has 63 heavy (non-hydrogen) atoms. The molecule has 0 aliphatic carbocycles. The normalized spacial score (nSPS) is 12.3. The third-order valence-corrected chi connectivity index (χ3v) is 12.2. The second-order valence-corrected chi connectivity index (χ2v) is 15.8. The molecule has 0 spiro atoms. The third-order valence-electron chi connectivity index (χ3n) is 12.2. The molecule has 0 atom stereocenters. The monoisotopic (exact) mass is 834 g/mol. The Morgan fingerprint density at radius 1 is 0.302 bits per heavy atom. The summed E-state index contributed by atoms with van der Waals surface area (Å²) in [5.74, 6) is -0.310. The standard InChI is InChI=1S/C56H32F6O/c57-55(58,59)39-23-17-33(18-24-39)35-21-27-47-51(29-35)53(49-31-37-9-1-3-11-41(37)43-13-5-7-15-45(43)49)48-28-22-36(34-19-25-40(26-20-34)63-56(60,61)62)30-52(48)54(47)50-32-38-10-2-4-12-42(38)44-14-6-8-16-46(44)50/h1-32H. The van der Waals surface area contributed by atoms with Crippen LogP contribution in [0.4, 0.5) is 26.3 Å². The van der Waals surface area contributed by atoms with Gasteiger partial charge >= 0.3 is 12.5 Å². The van der Waals surface area contributed by atoms with Crippen molar-refractivity contribution in [2.75, 3.05) is 0 Å². The summed E-state index contributed by atoms with van der Waals surface area (Å²) >= 11 is 0. The molecule has 11 aromatic rings. The topological polar surface area (TPSA) is 9.23 Å². The van der Waals surface area contributed by atoms with Gasteiger partial charge in [-0.3, -0.25) is 0 Å². The van der Waals surface area contributed by atoms with Crippen molar-refractivity contribution >= 4 is 64.6 Å². The lowest BCUT2D eigenvalue weighted by atomic mass is 9.81. The van der Waals surface area contributed by atoms with Crippen molar-refractivity contribution in [3.05, 3.63) is 200 Å². The first-order valence-electron chi connectivity index (χ1n) is 20.4. The molecule has 0 bridgehead atoms. The van der Waals surface area contributed by atoms with Gasteiger partial charge in [-0.2, -0.15) is 13.2 Å². The Labute approximate surface area is 357 Å². The zero-order valence-corrected chi connectivity index (χ0v) is 33.2. The first-order chi connectivity index (χ1) is 30.5. The number of halogens is 6. The van der Waals surface area contributed by atoms with Crippen LogP contribution in [0.15, 0.2) is 194 Å². The van der Waals surface area contributed by atoms with Crippen molar-refractivity contribution in [1.82, 2.24) is 0 Å². The van der Waals surface area contributed by atoms with E-state index in [-0.39, 0.29) is 5.75 Å². The van der Waals surface area contributed by atoms with Crippen LogP contribution >= 0.6 is 0 Å². The van der Waals surface area contributed by atoms with Crippen LogP contribution in [0.2, 0.25) is 0 Å². The Bertz CT molecular complexity index is 3610. The number of rotatable bonds is 5. The van der Waals surface area contributed by atoms with E-state index < -0.39 is 18.1 Å². The molecule has 0 aromatic heterocycles. The molecule has 1 nitrogen and oxygen atoms in total. The molecule has 7 heteroatoms. The number of alkyl halides is 6. The average Bonchev–Trinajstić information content (AvgIpc) is 3.29. The summed E-state index contributed by atoms with van der Waals surface area (Å²) < 4.78 is 84.9. The van der Waals surface area contributed by atoms with Gasteiger partial charge in [0.25, 0.3) is 0 Å². The van der Waals surface area contributed by atoms with Gasteiger partial charge < -0.3 is 4.74 Å². The van der Waals surface area contributed by atoms with Crippen LogP contribution < -0.4 is 4.74 Å². The van der Waals surface area contributed by atoms with Crippen molar-refractivity contribution in [3.8, 4) is 50.3 Å². The number of hydrogen-bond acceptors (Lipinski definition) is 1. The lowest BCUT2D eigenvalue weighted by Gasteiger charge is -2.22. The predicted molar refractivity (Wildman–Crippen MR) is 245 cm³/mol. The molecule has 304 valence electrons. The van der Waals surface area contributed by atoms with E-state index in [1.807, 2.05) is 60.7 Å². The van der Waals surface area contributed by atoms with E-state index in [9.17, 15) is 26.3 Å². The molecule has 0 saturated heterocycles. The van der Waals surface area contributed by atoms with E-state index in [2.05, 4.69) is 89.7 Å². The second kappa shape index (κ2) is 14.5. The molecule has 11 rings (SSSR count). The molecule has 0 saturated carbocycles. The van der Waals surface area contributed by atoms with Gasteiger partial charge in [0.2, 0.25) is 0 Å². The number of hydrogen-bond donors (Lipinski definition) is 0. The molecule has 0 N–H and O–H groups in total.